The standard InChI is InChI=1S/C20H20FN5O2S/c1-12-18(29-11-23-12)20(28)25-8-2-3-13(10-25)17(27)16-9-24-26(19(16)22)15-6-4-14(21)5-7-15/h4-7,9,11,13H,2-3,8,10,22H2,1H3. The number of benzene rings is 1. The number of thiazole rings is 1. The van der Waals surface area contributed by atoms with E-state index in [0.29, 0.717) is 41.3 Å². The van der Waals surface area contributed by atoms with Crippen molar-refractivity contribution >= 4 is 28.8 Å². The van der Waals surface area contributed by atoms with Crippen LogP contribution in [0.5, 0.6) is 0 Å². The predicted octanol–water partition coefficient (Wildman–Crippen LogP) is 3.09. The molecule has 9 heteroatoms. The Bertz CT molecular complexity index is 1060. The minimum atomic E-state index is -0.362. The molecule has 0 saturated carbocycles. The van der Waals surface area contributed by atoms with Gasteiger partial charge in [0.15, 0.2) is 5.78 Å². The summed E-state index contributed by atoms with van der Waals surface area (Å²) in [5.74, 6) is -0.705. The number of hydrogen-bond acceptors (Lipinski definition) is 6. The molecule has 1 amide bonds. The Hall–Kier alpha value is -3.07. The fourth-order valence-electron chi connectivity index (χ4n) is 3.58. The number of carbonyl (C=O) groups excluding carboxylic acids is 2. The number of nitrogen functional groups attached to an aromatic ring is 1. The summed E-state index contributed by atoms with van der Waals surface area (Å²) in [6.45, 7) is 2.77. The molecule has 3 aromatic rings. The first-order chi connectivity index (χ1) is 14.0. The molecule has 4 rings (SSSR count). The van der Waals surface area contributed by atoms with E-state index >= 15 is 0 Å². The van der Waals surface area contributed by atoms with E-state index in [1.165, 1.54) is 34.3 Å². The van der Waals surface area contributed by atoms with E-state index in [2.05, 4.69) is 10.1 Å². The average Bonchev–Trinajstić information content (AvgIpc) is 3.33. The Kier molecular flexibility index (Phi) is 5.14. The third kappa shape index (κ3) is 3.65. The average molecular weight is 413 g/mol. The summed E-state index contributed by atoms with van der Waals surface area (Å²) in [6.07, 6.45) is 2.87. The topological polar surface area (TPSA) is 94.1 Å². The second-order valence-electron chi connectivity index (χ2n) is 7.05. The van der Waals surface area contributed by atoms with Crippen molar-refractivity contribution in [2.75, 3.05) is 18.8 Å². The first-order valence-corrected chi connectivity index (χ1v) is 10.2. The molecule has 1 fully saturated rings. The monoisotopic (exact) mass is 413 g/mol. The second kappa shape index (κ2) is 7.75. The molecule has 1 aromatic carbocycles. The van der Waals surface area contributed by atoms with Gasteiger partial charge in [0.05, 0.1) is 28.7 Å². The number of nitrogens with two attached hydrogens (primary N) is 1. The lowest BCUT2D eigenvalue weighted by Crippen LogP contribution is -2.42. The van der Waals surface area contributed by atoms with Crippen LogP contribution in [-0.4, -0.2) is 44.4 Å². The number of anilines is 1. The molecule has 3 heterocycles. The highest BCUT2D eigenvalue weighted by Crippen LogP contribution is 2.27. The number of Topliss-reactive ketones (excluding diaryl/α,β-unsaturated/α-hetero) is 1. The Balaban J connectivity index is 1.53. The van der Waals surface area contributed by atoms with Crippen molar-refractivity contribution in [2.24, 2.45) is 5.92 Å². The zero-order valence-corrected chi connectivity index (χ0v) is 16.7. The van der Waals surface area contributed by atoms with Gasteiger partial charge in [-0.15, -0.1) is 11.3 Å². The summed E-state index contributed by atoms with van der Waals surface area (Å²) in [4.78, 5) is 32.3. The number of hydrogen-bond donors (Lipinski definition) is 1. The van der Waals surface area contributed by atoms with Crippen LogP contribution in [0.25, 0.3) is 5.69 Å². The van der Waals surface area contributed by atoms with Gasteiger partial charge >= 0.3 is 0 Å². The van der Waals surface area contributed by atoms with E-state index in [0.717, 1.165) is 6.42 Å². The Morgan fingerprint density at radius 1 is 1.28 bits per heavy atom. The van der Waals surface area contributed by atoms with Crippen LogP contribution in [0.4, 0.5) is 10.2 Å². The van der Waals surface area contributed by atoms with Crippen LogP contribution in [0.15, 0.2) is 36.0 Å². The van der Waals surface area contributed by atoms with Gasteiger partial charge in [-0.25, -0.2) is 14.1 Å². The number of ketones is 1. The van der Waals surface area contributed by atoms with Gasteiger partial charge in [0.2, 0.25) is 0 Å². The van der Waals surface area contributed by atoms with Crippen molar-refractivity contribution in [3.8, 4) is 5.69 Å². The van der Waals surface area contributed by atoms with E-state index in [4.69, 9.17) is 5.73 Å². The molecule has 2 N–H and O–H groups in total. The molecule has 0 bridgehead atoms. The number of halogens is 1. The smallest absolute Gasteiger partial charge is 0.265 e. The largest absolute Gasteiger partial charge is 0.383 e. The summed E-state index contributed by atoms with van der Waals surface area (Å²) in [5.41, 5.74) is 9.43. The molecule has 7 nitrogen and oxygen atoms in total. The maximum atomic E-state index is 13.2. The first kappa shape index (κ1) is 19.3. The fraction of sp³-hybridized carbons (Fsp3) is 0.300. The predicted molar refractivity (Wildman–Crippen MR) is 108 cm³/mol. The number of aromatic nitrogens is 3. The van der Waals surface area contributed by atoms with Gasteiger partial charge in [-0.2, -0.15) is 5.10 Å². The summed E-state index contributed by atoms with van der Waals surface area (Å²) in [7, 11) is 0. The molecule has 1 unspecified atom stereocenters. The second-order valence-corrected chi connectivity index (χ2v) is 7.91. The van der Waals surface area contributed by atoms with Crippen LogP contribution >= 0.6 is 11.3 Å². The molecule has 1 aliphatic rings. The van der Waals surface area contributed by atoms with Gasteiger partial charge in [-0.1, -0.05) is 0 Å². The van der Waals surface area contributed by atoms with E-state index < -0.39 is 0 Å². The molecular weight excluding hydrogens is 393 g/mol. The SMILES string of the molecule is Cc1ncsc1C(=O)N1CCCC(C(=O)c2cnn(-c3ccc(F)cc3)c2N)C1. The molecule has 1 aliphatic heterocycles. The quantitative estimate of drug-likeness (QED) is 0.664. The maximum absolute atomic E-state index is 13.2. The summed E-state index contributed by atoms with van der Waals surface area (Å²) in [6, 6.07) is 5.71. The molecule has 0 aliphatic carbocycles. The molecule has 29 heavy (non-hydrogen) atoms. The van der Waals surface area contributed by atoms with E-state index in [9.17, 15) is 14.0 Å². The number of rotatable bonds is 4. The fourth-order valence-corrected chi connectivity index (χ4v) is 4.35. The minimum absolute atomic E-state index is 0.0857. The molecular formula is C20H20FN5O2S. The minimum Gasteiger partial charge on any atom is -0.383 e. The summed E-state index contributed by atoms with van der Waals surface area (Å²) < 4.78 is 14.6. The van der Waals surface area contributed by atoms with Crippen LogP contribution in [0.2, 0.25) is 0 Å². The van der Waals surface area contributed by atoms with Gasteiger partial charge in [0.1, 0.15) is 16.5 Å². The van der Waals surface area contributed by atoms with E-state index in [1.807, 2.05) is 0 Å². The van der Waals surface area contributed by atoms with Crippen LogP contribution < -0.4 is 5.73 Å². The highest BCUT2D eigenvalue weighted by Gasteiger charge is 2.32. The lowest BCUT2D eigenvalue weighted by Gasteiger charge is -2.31. The Labute approximate surface area is 171 Å². The third-order valence-corrected chi connectivity index (χ3v) is 6.08. The maximum Gasteiger partial charge on any atom is 0.265 e. The van der Waals surface area contributed by atoms with Gasteiger partial charge in [0.25, 0.3) is 5.91 Å². The van der Waals surface area contributed by atoms with Crippen LogP contribution in [0.1, 0.15) is 38.6 Å². The lowest BCUT2D eigenvalue weighted by atomic mass is 9.90. The molecule has 0 radical (unpaired) electrons. The number of likely N-dealkylation sites (tertiary alicyclic amines) is 1. The summed E-state index contributed by atoms with van der Waals surface area (Å²) in [5, 5.41) is 4.20. The molecule has 150 valence electrons. The number of amides is 1. The number of aryl methyl sites for hydroxylation is 1. The number of piperidine rings is 1. The van der Waals surface area contributed by atoms with Crippen molar-refractivity contribution < 1.29 is 14.0 Å². The van der Waals surface area contributed by atoms with Crippen molar-refractivity contribution in [3.63, 3.8) is 0 Å². The highest BCUT2D eigenvalue weighted by molar-refractivity contribution is 7.11. The summed E-state index contributed by atoms with van der Waals surface area (Å²) >= 11 is 1.31. The third-order valence-electron chi connectivity index (χ3n) is 5.16. The molecule has 2 aromatic heterocycles. The van der Waals surface area contributed by atoms with E-state index in [-0.39, 0.29) is 29.2 Å². The van der Waals surface area contributed by atoms with Gasteiger partial charge in [-0.3, -0.25) is 9.59 Å². The van der Waals surface area contributed by atoms with Crippen molar-refractivity contribution in [1.82, 2.24) is 19.7 Å². The van der Waals surface area contributed by atoms with E-state index in [1.54, 1.807) is 29.5 Å². The molecule has 1 atom stereocenters. The van der Waals surface area contributed by atoms with Gasteiger partial charge < -0.3 is 10.6 Å². The first-order valence-electron chi connectivity index (χ1n) is 9.28. The van der Waals surface area contributed by atoms with Crippen molar-refractivity contribution in [3.05, 3.63) is 57.9 Å². The Morgan fingerprint density at radius 3 is 2.72 bits per heavy atom. The normalized spacial score (nSPS) is 16.8. The van der Waals surface area contributed by atoms with Crippen LogP contribution in [0, 0.1) is 18.7 Å². The van der Waals surface area contributed by atoms with Crippen LogP contribution in [-0.2, 0) is 0 Å². The molecule has 1 saturated heterocycles. The van der Waals surface area contributed by atoms with Crippen molar-refractivity contribution in [1.29, 1.82) is 0 Å². The van der Waals surface area contributed by atoms with Gasteiger partial charge in [-0.05, 0) is 44.0 Å². The zero-order valence-electron chi connectivity index (χ0n) is 15.8. The molecule has 0 spiro atoms. The lowest BCUT2D eigenvalue weighted by molar-refractivity contribution is 0.0640. The zero-order chi connectivity index (χ0) is 20.5. The van der Waals surface area contributed by atoms with Crippen molar-refractivity contribution in [2.45, 2.75) is 19.8 Å². The number of nitrogens with zero attached hydrogens (tertiary/aromatic N) is 4. The van der Waals surface area contributed by atoms with Crippen LogP contribution in [0.3, 0.4) is 0 Å². The highest BCUT2D eigenvalue weighted by atomic mass is 32.1. The Morgan fingerprint density at radius 2 is 2.03 bits per heavy atom. The number of carbonyl (C=O) groups is 2. The van der Waals surface area contributed by atoms with Gasteiger partial charge in [0, 0.05) is 19.0 Å².